The maximum atomic E-state index is 12.2. The van der Waals surface area contributed by atoms with Crippen LogP contribution in [0.5, 0.6) is 0 Å². The quantitative estimate of drug-likeness (QED) is 0.907. The van der Waals surface area contributed by atoms with Crippen molar-refractivity contribution in [3.05, 3.63) is 59.1 Å². The van der Waals surface area contributed by atoms with E-state index < -0.39 is 10.0 Å². The molecule has 0 aliphatic rings. The zero-order valence-electron chi connectivity index (χ0n) is 11.1. The first kappa shape index (κ1) is 15.3. The highest BCUT2D eigenvalue weighted by Gasteiger charge is 2.14. The fourth-order valence-electron chi connectivity index (χ4n) is 1.68. The van der Waals surface area contributed by atoms with E-state index >= 15 is 0 Å². The summed E-state index contributed by atoms with van der Waals surface area (Å²) in [5.74, 6) is -0.237. The van der Waals surface area contributed by atoms with Crippen molar-refractivity contribution < 1.29 is 13.2 Å². The predicted molar refractivity (Wildman–Crippen MR) is 82.1 cm³/mol. The molecular weight excluding hydrogens is 312 g/mol. The summed E-state index contributed by atoms with van der Waals surface area (Å²) in [4.78, 5) is 11.5. The number of sulfonamides is 1. The van der Waals surface area contributed by atoms with Crippen LogP contribution in [0.4, 0.5) is 5.69 Å². The Kier molecular flexibility index (Phi) is 4.50. The first-order valence-corrected chi connectivity index (χ1v) is 7.89. The lowest BCUT2D eigenvalue weighted by Gasteiger charge is -2.09. The van der Waals surface area contributed by atoms with E-state index in [-0.39, 0.29) is 10.8 Å². The molecule has 0 aliphatic heterocycles. The lowest BCUT2D eigenvalue weighted by Crippen LogP contribution is -2.18. The van der Waals surface area contributed by atoms with E-state index in [0.29, 0.717) is 16.3 Å². The normalized spacial score (nSPS) is 11.0. The summed E-state index contributed by atoms with van der Waals surface area (Å²) in [5.41, 5.74) is 0.811. The van der Waals surface area contributed by atoms with Gasteiger partial charge in [-0.3, -0.25) is 9.52 Å². The van der Waals surface area contributed by atoms with Gasteiger partial charge < -0.3 is 5.32 Å². The number of halogens is 1. The van der Waals surface area contributed by atoms with Gasteiger partial charge in [0.2, 0.25) is 0 Å². The predicted octanol–water partition coefficient (Wildman–Crippen LogP) is 2.50. The number of hydrogen-bond acceptors (Lipinski definition) is 3. The summed E-state index contributed by atoms with van der Waals surface area (Å²) in [6.07, 6.45) is 0. The highest BCUT2D eigenvalue weighted by atomic mass is 35.5. The lowest BCUT2D eigenvalue weighted by atomic mass is 10.2. The van der Waals surface area contributed by atoms with Gasteiger partial charge in [0.25, 0.3) is 15.9 Å². The van der Waals surface area contributed by atoms with Gasteiger partial charge in [-0.1, -0.05) is 17.7 Å². The van der Waals surface area contributed by atoms with Crippen LogP contribution in [-0.4, -0.2) is 21.4 Å². The number of carbonyl (C=O) groups excluding carboxylic acids is 1. The van der Waals surface area contributed by atoms with Gasteiger partial charge >= 0.3 is 0 Å². The molecule has 0 aliphatic carbocycles. The van der Waals surface area contributed by atoms with E-state index in [0.717, 1.165) is 0 Å². The molecule has 2 aromatic carbocycles. The Hall–Kier alpha value is -2.05. The van der Waals surface area contributed by atoms with E-state index in [1.807, 2.05) is 0 Å². The van der Waals surface area contributed by atoms with Crippen molar-refractivity contribution in [2.75, 3.05) is 11.8 Å². The SMILES string of the molecule is CNC(=O)c1ccc(NS(=O)(=O)c2cccc(Cl)c2)cc1. The molecule has 1 amide bonds. The average molecular weight is 325 g/mol. The maximum Gasteiger partial charge on any atom is 0.261 e. The standard InChI is InChI=1S/C14H13ClN2O3S/c1-16-14(18)10-5-7-12(8-6-10)17-21(19,20)13-4-2-3-11(15)9-13/h2-9,17H,1H3,(H,16,18). The number of benzene rings is 2. The van der Waals surface area contributed by atoms with Crippen LogP contribution in [0.1, 0.15) is 10.4 Å². The number of hydrogen-bond donors (Lipinski definition) is 2. The molecule has 0 fully saturated rings. The molecule has 2 N–H and O–H groups in total. The average Bonchev–Trinajstić information content (AvgIpc) is 2.47. The van der Waals surface area contributed by atoms with E-state index in [9.17, 15) is 13.2 Å². The van der Waals surface area contributed by atoms with Gasteiger partial charge in [-0.25, -0.2) is 8.42 Å². The second kappa shape index (κ2) is 6.15. The second-order valence-electron chi connectivity index (χ2n) is 4.22. The van der Waals surface area contributed by atoms with Gasteiger partial charge in [0.05, 0.1) is 4.90 Å². The van der Waals surface area contributed by atoms with Crippen LogP contribution in [0.25, 0.3) is 0 Å². The van der Waals surface area contributed by atoms with Crippen molar-refractivity contribution in [2.24, 2.45) is 0 Å². The second-order valence-corrected chi connectivity index (χ2v) is 6.34. The van der Waals surface area contributed by atoms with Crippen molar-refractivity contribution in [1.29, 1.82) is 0 Å². The Morgan fingerprint density at radius 2 is 1.76 bits per heavy atom. The Balaban J connectivity index is 2.23. The zero-order valence-corrected chi connectivity index (χ0v) is 12.7. The molecule has 0 radical (unpaired) electrons. The molecule has 0 unspecified atom stereocenters. The molecular formula is C14H13ClN2O3S. The van der Waals surface area contributed by atoms with Gasteiger partial charge in [0.15, 0.2) is 0 Å². The number of rotatable bonds is 4. The molecule has 0 saturated heterocycles. The number of amides is 1. The van der Waals surface area contributed by atoms with E-state index in [1.54, 1.807) is 12.1 Å². The number of nitrogens with one attached hydrogen (secondary N) is 2. The molecule has 0 bridgehead atoms. The first-order valence-electron chi connectivity index (χ1n) is 6.03. The third kappa shape index (κ3) is 3.74. The molecule has 0 saturated carbocycles. The number of carbonyl (C=O) groups is 1. The molecule has 21 heavy (non-hydrogen) atoms. The molecule has 2 rings (SSSR count). The monoisotopic (exact) mass is 324 g/mol. The smallest absolute Gasteiger partial charge is 0.261 e. The molecule has 110 valence electrons. The molecule has 0 aromatic heterocycles. The van der Waals surface area contributed by atoms with Crippen molar-refractivity contribution >= 4 is 33.2 Å². The fourth-order valence-corrected chi connectivity index (χ4v) is 3.04. The van der Waals surface area contributed by atoms with Crippen LogP contribution >= 0.6 is 11.6 Å². The fraction of sp³-hybridized carbons (Fsp3) is 0.0714. The number of anilines is 1. The Labute approximate surface area is 128 Å². The minimum Gasteiger partial charge on any atom is -0.355 e. The van der Waals surface area contributed by atoms with Crippen molar-refractivity contribution in [1.82, 2.24) is 5.32 Å². The van der Waals surface area contributed by atoms with Gasteiger partial charge in [-0.15, -0.1) is 0 Å². The summed E-state index contributed by atoms with van der Waals surface area (Å²) >= 11 is 5.79. The first-order chi connectivity index (χ1) is 9.92. The van der Waals surface area contributed by atoms with Crippen molar-refractivity contribution in [2.45, 2.75) is 4.90 Å². The van der Waals surface area contributed by atoms with Gasteiger partial charge in [0.1, 0.15) is 0 Å². The van der Waals surface area contributed by atoms with Gasteiger partial charge in [-0.2, -0.15) is 0 Å². The van der Waals surface area contributed by atoms with Gasteiger partial charge in [-0.05, 0) is 42.5 Å². The largest absolute Gasteiger partial charge is 0.355 e. The summed E-state index contributed by atoms with van der Waals surface area (Å²) in [6, 6.07) is 12.1. The highest BCUT2D eigenvalue weighted by Crippen LogP contribution is 2.19. The Bertz CT molecular complexity index is 758. The topological polar surface area (TPSA) is 75.3 Å². The molecule has 2 aromatic rings. The third-order valence-electron chi connectivity index (χ3n) is 2.73. The molecule has 5 nitrogen and oxygen atoms in total. The summed E-state index contributed by atoms with van der Waals surface area (Å²) in [5, 5.41) is 2.83. The Morgan fingerprint density at radius 1 is 1.10 bits per heavy atom. The zero-order chi connectivity index (χ0) is 15.5. The summed E-state index contributed by atoms with van der Waals surface area (Å²) in [6.45, 7) is 0. The maximum absolute atomic E-state index is 12.2. The molecule has 0 atom stereocenters. The third-order valence-corrected chi connectivity index (χ3v) is 4.35. The van der Waals surface area contributed by atoms with Crippen molar-refractivity contribution in [3.63, 3.8) is 0 Å². The molecule has 7 heteroatoms. The summed E-state index contributed by atoms with van der Waals surface area (Å²) < 4.78 is 26.8. The van der Waals surface area contributed by atoms with Crippen LogP contribution in [0, 0.1) is 0 Å². The minimum absolute atomic E-state index is 0.0744. The van der Waals surface area contributed by atoms with E-state index in [1.165, 1.54) is 43.4 Å². The summed E-state index contributed by atoms with van der Waals surface area (Å²) in [7, 11) is -2.18. The highest BCUT2D eigenvalue weighted by molar-refractivity contribution is 7.92. The van der Waals surface area contributed by atoms with Crippen LogP contribution in [0.3, 0.4) is 0 Å². The Morgan fingerprint density at radius 3 is 2.33 bits per heavy atom. The van der Waals surface area contributed by atoms with Crippen molar-refractivity contribution in [3.8, 4) is 0 Å². The lowest BCUT2D eigenvalue weighted by molar-refractivity contribution is 0.0963. The molecule has 0 heterocycles. The minimum atomic E-state index is -3.71. The van der Waals surface area contributed by atoms with E-state index in [2.05, 4.69) is 10.0 Å². The van der Waals surface area contributed by atoms with Crippen LogP contribution < -0.4 is 10.0 Å². The molecule has 0 spiro atoms. The van der Waals surface area contributed by atoms with Gasteiger partial charge in [0, 0.05) is 23.3 Å². The van der Waals surface area contributed by atoms with Crippen LogP contribution in [0.15, 0.2) is 53.4 Å². The van der Waals surface area contributed by atoms with Crippen LogP contribution in [-0.2, 0) is 10.0 Å². The van der Waals surface area contributed by atoms with E-state index in [4.69, 9.17) is 11.6 Å². The van der Waals surface area contributed by atoms with Crippen LogP contribution in [0.2, 0.25) is 5.02 Å².